The van der Waals surface area contributed by atoms with Crippen LogP contribution in [-0.4, -0.2) is 60.1 Å². The van der Waals surface area contributed by atoms with Crippen LogP contribution in [-0.2, 0) is 22.4 Å². The number of carbonyl (C=O) groups is 1. The van der Waals surface area contributed by atoms with Crippen LogP contribution in [0.2, 0.25) is 0 Å². The molecule has 1 aromatic carbocycles. The summed E-state index contributed by atoms with van der Waals surface area (Å²) in [6, 6.07) is 10.8. The standard InChI is InChI=1S/C23H27N5O5/c1-31-13-14-33-19-8-6-16(15-20(19)32-2)22-26-23(30)18(27-28-22)7-9-21(29)25-12-10-17-5-3-4-11-24-17/h3-6,8,11,15H,7,9-10,12-14H2,1-2H3,(H,25,29)(H,26,28,30). The highest BCUT2D eigenvalue weighted by atomic mass is 16.5. The van der Waals surface area contributed by atoms with Crippen molar-refractivity contribution in [3.05, 3.63) is 64.3 Å². The summed E-state index contributed by atoms with van der Waals surface area (Å²) in [5.41, 5.74) is 1.34. The molecule has 2 aromatic heterocycles. The van der Waals surface area contributed by atoms with Crippen LogP contribution in [0.15, 0.2) is 47.4 Å². The van der Waals surface area contributed by atoms with Crippen LogP contribution in [0.4, 0.5) is 0 Å². The van der Waals surface area contributed by atoms with Crippen LogP contribution < -0.4 is 20.3 Å². The maximum Gasteiger partial charge on any atom is 0.273 e. The van der Waals surface area contributed by atoms with E-state index in [-0.39, 0.29) is 30.0 Å². The summed E-state index contributed by atoms with van der Waals surface area (Å²) < 4.78 is 15.9. The molecule has 0 spiro atoms. The fourth-order valence-electron chi connectivity index (χ4n) is 3.02. The number of aromatic nitrogens is 4. The van der Waals surface area contributed by atoms with Gasteiger partial charge in [0.05, 0.1) is 13.7 Å². The molecule has 10 heteroatoms. The van der Waals surface area contributed by atoms with E-state index >= 15 is 0 Å². The highest BCUT2D eigenvalue weighted by molar-refractivity contribution is 5.76. The van der Waals surface area contributed by atoms with Crippen molar-refractivity contribution in [1.82, 2.24) is 25.5 Å². The second-order valence-electron chi connectivity index (χ2n) is 7.08. The fourth-order valence-corrected chi connectivity index (χ4v) is 3.02. The number of rotatable bonds is 12. The smallest absolute Gasteiger partial charge is 0.273 e. The van der Waals surface area contributed by atoms with Gasteiger partial charge in [-0.3, -0.25) is 14.6 Å². The Kier molecular flexibility index (Phi) is 8.89. The van der Waals surface area contributed by atoms with E-state index in [0.717, 1.165) is 5.69 Å². The Labute approximate surface area is 191 Å². The topological polar surface area (TPSA) is 128 Å². The van der Waals surface area contributed by atoms with Crippen LogP contribution >= 0.6 is 0 Å². The van der Waals surface area contributed by atoms with E-state index < -0.39 is 0 Å². The first kappa shape index (κ1) is 23.9. The highest BCUT2D eigenvalue weighted by Crippen LogP contribution is 2.31. The molecule has 0 radical (unpaired) electrons. The first-order valence-electron chi connectivity index (χ1n) is 10.5. The molecule has 10 nitrogen and oxygen atoms in total. The number of pyridine rings is 1. The summed E-state index contributed by atoms with van der Waals surface area (Å²) in [5, 5.41) is 11.0. The number of methoxy groups -OCH3 is 2. The number of H-pyrrole nitrogens is 1. The van der Waals surface area contributed by atoms with Gasteiger partial charge in [0, 0.05) is 50.4 Å². The van der Waals surface area contributed by atoms with E-state index in [9.17, 15) is 9.59 Å². The van der Waals surface area contributed by atoms with Crippen molar-refractivity contribution >= 4 is 5.91 Å². The van der Waals surface area contributed by atoms with Gasteiger partial charge >= 0.3 is 0 Å². The number of amides is 1. The zero-order valence-corrected chi connectivity index (χ0v) is 18.7. The van der Waals surface area contributed by atoms with Gasteiger partial charge in [-0.2, -0.15) is 0 Å². The number of aromatic amines is 1. The SMILES string of the molecule is COCCOc1ccc(-c2nnc(CCC(=O)NCCc3ccccn3)c(=O)[nH]2)cc1OC. The number of nitrogens with zero attached hydrogens (tertiary/aromatic N) is 3. The molecule has 0 fully saturated rings. The average molecular weight is 453 g/mol. The molecule has 0 aliphatic heterocycles. The lowest BCUT2D eigenvalue weighted by Crippen LogP contribution is -2.27. The minimum atomic E-state index is -0.388. The summed E-state index contributed by atoms with van der Waals surface area (Å²) in [5.74, 6) is 1.19. The van der Waals surface area contributed by atoms with Crippen molar-refractivity contribution in [2.75, 3.05) is 34.0 Å². The van der Waals surface area contributed by atoms with Crippen molar-refractivity contribution in [2.24, 2.45) is 0 Å². The van der Waals surface area contributed by atoms with E-state index in [1.54, 1.807) is 31.5 Å². The molecule has 2 heterocycles. The zero-order chi connectivity index (χ0) is 23.5. The predicted molar refractivity (Wildman–Crippen MR) is 121 cm³/mol. The molecule has 174 valence electrons. The van der Waals surface area contributed by atoms with Crippen LogP contribution in [0, 0.1) is 0 Å². The first-order chi connectivity index (χ1) is 16.1. The van der Waals surface area contributed by atoms with Crippen molar-refractivity contribution in [1.29, 1.82) is 0 Å². The fraction of sp³-hybridized carbons (Fsp3) is 0.348. The summed E-state index contributed by atoms with van der Waals surface area (Å²) in [6.07, 6.45) is 2.68. The minimum absolute atomic E-state index is 0.140. The Morgan fingerprint density at radius 1 is 1.06 bits per heavy atom. The van der Waals surface area contributed by atoms with Crippen molar-refractivity contribution in [3.8, 4) is 22.9 Å². The minimum Gasteiger partial charge on any atom is -0.493 e. The van der Waals surface area contributed by atoms with Gasteiger partial charge in [-0.15, -0.1) is 10.2 Å². The quantitative estimate of drug-likeness (QED) is 0.395. The van der Waals surface area contributed by atoms with E-state index in [1.165, 1.54) is 7.11 Å². The maximum absolute atomic E-state index is 12.5. The second-order valence-corrected chi connectivity index (χ2v) is 7.08. The average Bonchev–Trinajstić information content (AvgIpc) is 2.84. The summed E-state index contributed by atoms with van der Waals surface area (Å²) in [6.45, 7) is 1.31. The monoisotopic (exact) mass is 453 g/mol. The predicted octanol–water partition coefficient (Wildman–Crippen LogP) is 1.55. The van der Waals surface area contributed by atoms with Crippen LogP contribution in [0.5, 0.6) is 11.5 Å². The molecule has 0 saturated carbocycles. The summed E-state index contributed by atoms with van der Waals surface area (Å²) in [4.78, 5) is 31.5. The lowest BCUT2D eigenvalue weighted by molar-refractivity contribution is -0.121. The molecule has 1 amide bonds. The van der Waals surface area contributed by atoms with Crippen molar-refractivity contribution < 1.29 is 19.0 Å². The molecule has 2 N–H and O–H groups in total. The van der Waals surface area contributed by atoms with Gasteiger partial charge in [0.2, 0.25) is 5.91 Å². The van der Waals surface area contributed by atoms with E-state index in [1.807, 2.05) is 18.2 Å². The number of benzene rings is 1. The molecular formula is C23H27N5O5. The van der Waals surface area contributed by atoms with E-state index in [0.29, 0.717) is 49.1 Å². The number of hydrogen-bond acceptors (Lipinski definition) is 8. The number of ether oxygens (including phenoxy) is 3. The second kappa shape index (κ2) is 12.3. The lowest BCUT2D eigenvalue weighted by atomic mass is 10.2. The summed E-state index contributed by atoms with van der Waals surface area (Å²) in [7, 11) is 3.12. The highest BCUT2D eigenvalue weighted by Gasteiger charge is 2.12. The molecule has 0 unspecified atom stereocenters. The van der Waals surface area contributed by atoms with Gasteiger partial charge in [-0.05, 0) is 30.3 Å². The largest absolute Gasteiger partial charge is 0.493 e. The van der Waals surface area contributed by atoms with Crippen LogP contribution in [0.1, 0.15) is 17.8 Å². The normalized spacial score (nSPS) is 10.6. The lowest BCUT2D eigenvalue weighted by Gasteiger charge is -2.11. The molecule has 0 bridgehead atoms. The Morgan fingerprint density at radius 3 is 2.67 bits per heavy atom. The molecule has 0 aliphatic rings. The Morgan fingerprint density at radius 2 is 1.94 bits per heavy atom. The van der Waals surface area contributed by atoms with E-state index in [4.69, 9.17) is 14.2 Å². The molecule has 33 heavy (non-hydrogen) atoms. The summed E-state index contributed by atoms with van der Waals surface area (Å²) >= 11 is 0. The number of nitrogens with one attached hydrogen (secondary N) is 2. The van der Waals surface area contributed by atoms with Gasteiger partial charge in [-0.25, -0.2) is 0 Å². The molecule has 3 aromatic rings. The number of aryl methyl sites for hydroxylation is 1. The molecule has 3 rings (SSSR count). The van der Waals surface area contributed by atoms with Crippen LogP contribution in [0.3, 0.4) is 0 Å². The molecule has 0 saturated heterocycles. The Balaban J connectivity index is 1.56. The van der Waals surface area contributed by atoms with Crippen molar-refractivity contribution in [3.63, 3.8) is 0 Å². The van der Waals surface area contributed by atoms with Gasteiger partial charge in [0.25, 0.3) is 5.56 Å². The Bertz CT molecular complexity index is 1100. The van der Waals surface area contributed by atoms with Crippen LogP contribution in [0.25, 0.3) is 11.4 Å². The molecule has 0 atom stereocenters. The molecular weight excluding hydrogens is 426 g/mol. The van der Waals surface area contributed by atoms with Gasteiger partial charge < -0.3 is 24.5 Å². The number of carbonyl (C=O) groups excluding carboxylic acids is 1. The number of hydrogen-bond donors (Lipinski definition) is 2. The maximum atomic E-state index is 12.5. The Hall–Kier alpha value is -3.79. The molecule has 0 aliphatic carbocycles. The van der Waals surface area contributed by atoms with Crippen molar-refractivity contribution in [2.45, 2.75) is 19.3 Å². The third kappa shape index (κ3) is 7.11. The first-order valence-corrected chi connectivity index (χ1v) is 10.5. The third-order valence-corrected chi connectivity index (χ3v) is 4.77. The zero-order valence-electron chi connectivity index (χ0n) is 18.7. The third-order valence-electron chi connectivity index (χ3n) is 4.77. The van der Waals surface area contributed by atoms with Gasteiger partial charge in [0.15, 0.2) is 17.3 Å². The van der Waals surface area contributed by atoms with Gasteiger partial charge in [-0.1, -0.05) is 6.07 Å². The van der Waals surface area contributed by atoms with Gasteiger partial charge in [0.1, 0.15) is 12.3 Å². The van der Waals surface area contributed by atoms with E-state index in [2.05, 4.69) is 25.5 Å².